The first-order valence-corrected chi connectivity index (χ1v) is 9.82. The maximum Gasteiger partial charge on any atom is 0.307 e. The lowest BCUT2D eigenvalue weighted by molar-refractivity contribution is -0.143. The van der Waals surface area contributed by atoms with Crippen molar-refractivity contribution in [3.05, 3.63) is 59.7 Å². The molecule has 1 heterocycles. The number of carboxylic acids is 1. The van der Waals surface area contributed by atoms with E-state index in [-0.39, 0.29) is 11.8 Å². The Morgan fingerprint density at radius 1 is 1.07 bits per heavy atom. The fourth-order valence-corrected chi connectivity index (χ4v) is 3.61. The average Bonchev–Trinajstić information content (AvgIpc) is 2.77. The number of aliphatic carboxylic acids is 1. The van der Waals surface area contributed by atoms with E-state index in [0.29, 0.717) is 13.1 Å². The van der Waals surface area contributed by atoms with Gasteiger partial charge in [0.2, 0.25) is 0 Å². The second kappa shape index (κ2) is 9.99. The van der Waals surface area contributed by atoms with E-state index in [2.05, 4.69) is 16.7 Å². The van der Waals surface area contributed by atoms with Gasteiger partial charge < -0.3 is 14.6 Å². The molecule has 29 heavy (non-hydrogen) atoms. The summed E-state index contributed by atoms with van der Waals surface area (Å²) in [4.78, 5) is 13.4. The van der Waals surface area contributed by atoms with Gasteiger partial charge in [0, 0.05) is 6.54 Å². The number of carbonyl (C=O) groups is 1. The zero-order chi connectivity index (χ0) is 20.6. The molecule has 0 spiro atoms. The van der Waals surface area contributed by atoms with Crippen LogP contribution in [0.2, 0.25) is 0 Å². The normalized spacial score (nSPS) is 16.7. The largest absolute Gasteiger partial charge is 0.497 e. The second-order valence-corrected chi connectivity index (χ2v) is 7.21. The van der Waals surface area contributed by atoms with E-state index in [9.17, 15) is 9.90 Å². The minimum atomic E-state index is -0.711. The van der Waals surface area contributed by atoms with Crippen LogP contribution in [0.25, 0.3) is 0 Å². The molecule has 152 valence electrons. The van der Waals surface area contributed by atoms with Crippen LogP contribution >= 0.6 is 0 Å². The van der Waals surface area contributed by atoms with Crippen molar-refractivity contribution in [3.63, 3.8) is 0 Å². The van der Waals surface area contributed by atoms with Gasteiger partial charge in [0.25, 0.3) is 0 Å². The number of ether oxygens (including phenoxy) is 2. The standard InChI is InChI=1S/C24H27NO4/c1-28-21-11-7-18(8-12-21)23(19-9-13-22(29-2)14-10-19)6-4-16-25-15-3-5-20(17-25)24(26)27/h7-14,20,23H,3,5,15-17H2,1-2H3,(H,26,27). The number of benzene rings is 2. The van der Waals surface area contributed by atoms with Crippen molar-refractivity contribution in [1.29, 1.82) is 0 Å². The minimum Gasteiger partial charge on any atom is -0.497 e. The molecule has 2 aromatic carbocycles. The van der Waals surface area contributed by atoms with E-state index < -0.39 is 5.97 Å². The van der Waals surface area contributed by atoms with Gasteiger partial charge in [0.05, 0.1) is 32.6 Å². The number of hydrogen-bond donors (Lipinski definition) is 1. The van der Waals surface area contributed by atoms with Gasteiger partial charge in [0.1, 0.15) is 11.5 Å². The summed E-state index contributed by atoms with van der Waals surface area (Å²) in [5.41, 5.74) is 2.18. The zero-order valence-electron chi connectivity index (χ0n) is 16.9. The maximum absolute atomic E-state index is 11.3. The molecule has 5 nitrogen and oxygen atoms in total. The Morgan fingerprint density at radius 3 is 2.10 bits per heavy atom. The highest BCUT2D eigenvalue weighted by Gasteiger charge is 2.24. The highest BCUT2D eigenvalue weighted by molar-refractivity contribution is 5.70. The SMILES string of the molecule is COc1ccc(C(C#CCN2CCCC(C(=O)O)C2)c2ccc(OC)cc2)cc1. The number of nitrogens with zero attached hydrogens (tertiary/aromatic N) is 1. The molecule has 0 radical (unpaired) electrons. The van der Waals surface area contributed by atoms with Gasteiger partial charge in [-0.25, -0.2) is 0 Å². The Morgan fingerprint density at radius 2 is 1.62 bits per heavy atom. The molecule has 0 aromatic heterocycles. The van der Waals surface area contributed by atoms with Gasteiger partial charge in [0.15, 0.2) is 0 Å². The van der Waals surface area contributed by atoms with Crippen LogP contribution in [0.1, 0.15) is 29.9 Å². The molecule has 0 aliphatic carbocycles. The van der Waals surface area contributed by atoms with E-state index in [1.165, 1.54) is 0 Å². The molecule has 1 N–H and O–H groups in total. The Kier molecular flexibility index (Phi) is 7.15. The Hall–Kier alpha value is -2.97. The number of carboxylic acid groups (broad SMARTS) is 1. The predicted molar refractivity (Wildman–Crippen MR) is 112 cm³/mol. The molecule has 1 atom stereocenters. The highest BCUT2D eigenvalue weighted by Crippen LogP contribution is 2.27. The van der Waals surface area contributed by atoms with E-state index in [1.807, 2.05) is 48.5 Å². The molecule has 0 bridgehead atoms. The third-order valence-corrected chi connectivity index (χ3v) is 5.30. The molecule has 1 aliphatic heterocycles. The van der Waals surface area contributed by atoms with Crippen molar-refractivity contribution in [2.24, 2.45) is 5.92 Å². The molecule has 3 rings (SSSR count). The van der Waals surface area contributed by atoms with Gasteiger partial charge in [-0.2, -0.15) is 0 Å². The summed E-state index contributed by atoms with van der Waals surface area (Å²) >= 11 is 0. The van der Waals surface area contributed by atoms with Crippen LogP contribution in [0.3, 0.4) is 0 Å². The molecule has 5 heteroatoms. The Balaban J connectivity index is 1.79. The van der Waals surface area contributed by atoms with Crippen LogP contribution < -0.4 is 9.47 Å². The predicted octanol–water partition coefficient (Wildman–Crippen LogP) is 3.64. The first kappa shape index (κ1) is 20.8. The first-order chi connectivity index (χ1) is 14.1. The topological polar surface area (TPSA) is 59.0 Å². The van der Waals surface area contributed by atoms with Gasteiger partial charge >= 0.3 is 5.97 Å². The first-order valence-electron chi connectivity index (χ1n) is 9.82. The van der Waals surface area contributed by atoms with Crippen LogP contribution in [0, 0.1) is 17.8 Å². The van der Waals surface area contributed by atoms with E-state index in [1.54, 1.807) is 14.2 Å². The summed E-state index contributed by atoms with van der Waals surface area (Å²) < 4.78 is 10.5. The second-order valence-electron chi connectivity index (χ2n) is 7.21. The summed E-state index contributed by atoms with van der Waals surface area (Å²) in [5.74, 6) is 7.23. The monoisotopic (exact) mass is 393 g/mol. The van der Waals surface area contributed by atoms with Crippen LogP contribution in [-0.4, -0.2) is 49.8 Å². The summed E-state index contributed by atoms with van der Waals surface area (Å²) in [6.07, 6.45) is 1.65. The van der Waals surface area contributed by atoms with Crippen LogP contribution in [0.4, 0.5) is 0 Å². The van der Waals surface area contributed by atoms with Crippen molar-refractivity contribution in [1.82, 2.24) is 4.90 Å². The molecule has 1 saturated heterocycles. The van der Waals surface area contributed by atoms with E-state index >= 15 is 0 Å². The number of methoxy groups -OCH3 is 2. The molecule has 1 unspecified atom stereocenters. The molecule has 1 fully saturated rings. The zero-order valence-corrected chi connectivity index (χ0v) is 16.9. The van der Waals surface area contributed by atoms with Gasteiger partial charge in [-0.05, 0) is 54.8 Å². The van der Waals surface area contributed by atoms with Gasteiger partial charge in [-0.1, -0.05) is 36.1 Å². The molecule has 1 aliphatic rings. The molecular formula is C24H27NO4. The summed E-state index contributed by atoms with van der Waals surface area (Å²) in [6, 6.07) is 15.9. The lowest BCUT2D eigenvalue weighted by Crippen LogP contribution is -2.38. The number of hydrogen-bond acceptors (Lipinski definition) is 4. The van der Waals surface area contributed by atoms with Crippen molar-refractivity contribution < 1.29 is 19.4 Å². The van der Waals surface area contributed by atoms with E-state index in [4.69, 9.17) is 9.47 Å². The van der Waals surface area contributed by atoms with Crippen LogP contribution in [0.5, 0.6) is 11.5 Å². The third kappa shape index (κ3) is 5.52. The van der Waals surface area contributed by atoms with Crippen molar-refractivity contribution in [2.75, 3.05) is 33.9 Å². The lowest BCUT2D eigenvalue weighted by Gasteiger charge is -2.28. The fraction of sp³-hybridized carbons (Fsp3) is 0.375. The number of rotatable bonds is 6. The van der Waals surface area contributed by atoms with Gasteiger partial charge in [-0.3, -0.25) is 9.69 Å². The maximum atomic E-state index is 11.3. The Labute approximate surface area is 172 Å². The molecule has 2 aromatic rings. The van der Waals surface area contributed by atoms with Crippen molar-refractivity contribution in [2.45, 2.75) is 18.8 Å². The molecule has 0 saturated carbocycles. The minimum absolute atomic E-state index is 0.0770. The molecular weight excluding hydrogens is 366 g/mol. The van der Waals surface area contributed by atoms with Crippen LogP contribution in [0.15, 0.2) is 48.5 Å². The third-order valence-electron chi connectivity index (χ3n) is 5.30. The van der Waals surface area contributed by atoms with Crippen molar-refractivity contribution >= 4 is 5.97 Å². The number of piperidine rings is 1. The quantitative estimate of drug-likeness (QED) is 0.760. The fourth-order valence-electron chi connectivity index (χ4n) is 3.61. The smallest absolute Gasteiger partial charge is 0.307 e. The van der Waals surface area contributed by atoms with Crippen molar-refractivity contribution in [3.8, 4) is 23.3 Å². The van der Waals surface area contributed by atoms with Gasteiger partial charge in [-0.15, -0.1) is 0 Å². The number of likely N-dealkylation sites (tertiary alicyclic amines) is 1. The molecule has 0 amide bonds. The highest BCUT2D eigenvalue weighted by atomic mass is 16.5. The average molecular weight is 393 g/mol. The Bertz CT molecular complexity index is 817. The van der Waals surface area contributed by atoms with E-state index in [0.717, 1.165) is 42.0 Å². The van der Waals surface area contributed by atoms with Crippen LogP contribution in [-0.2, 0) is 4.79 Å². The summed E-state index contributed by atoms with van der Waals surface area (Å²) in [5, 5.41) is 9.27. The summed E-state index contributed by atoms with van der Waals surface area (Å²) in [6.45, 7) is 2.04. The lowest BCUT2D eigenvalue weighted by atomic mass is 9.91. The summed E-state index contributed by atoms with van der Waals surface area (Å²) in [7, 11) is 3.30.